The van der Waals surface area contributed by atoms with Gasteiger partial charge in [0.2, 0.25) is 0 Å². The van der Waals surface area contributed by atoms with Gasteiger partial charge in [0.25, 0.3) is 0 Å². The molecule has 1 unspecified atom stereocenters. The lowest BCUT2D eigenvalue weighted by atomic mass is 9.88. The Morgan fingerprint density at radius 1 is 1.25 bits per heavy atom. The Morgan fingerprint density at radius 3 is 2.88 bits per heavy atom. The lowest BCUT2D eigenvalue weighted by Gasteiger charge is -2.26. The van der Waals surface area contributed by atoms with Crippen LogP contribution in [0.3, 0.4) is 0 Å². The number of ether oxygens (including phenoxy) is 1. The molecule has 3 rings (SSSR count). The summed E-state index contributed by atoms with van der Waals surface area (Å²) in [6.07, 6.45) is 3.17. The number of nitrogens with one attached hydrogen (secondary N) is 2. The number of amides is 2. The molecule has 0 bridgehead atoms. The van der Waals surface area contributed by atoms with Crippen LogP contribution in [0.2, 0.25) is 0 Å². The molecule has 0 radical (unpaired) electrons. The molecule has 0 spiro atoms. The molecule has 24 heavy (non-hydrogen) atoms. The van der Waals surface area contributed by atoms with E-state index in [0.29, 0.717) is 6.61 Å². The van der Waals surface area contributed by atoms with Crippen molar-refractivity contribution in [3.63, 3.8) is 0 Å². The van der Waals surface area contributed by atoms with Crippen molar-refractivity contribution in [3.05, 3.63) is 59.2 Å². The highest BCUT2D eigenvalue weighted by atomic mass is 16.5. The summed E-state index contributed by atoms with van der Waals surface area (Å²) in [4.78, 5) is 12.4. The Hall–Kier alpha value is -2.49. The Balaban J connectivity index is 1.66. The minimum Gasteiger partial charge on any atom is -0.494 e. The average molecular weight is 324 g/mol. The minimum atomic E-state index is -0.163. The third-order valence-electron chi connectivity index (χ3n) is 4.43. The van der Waals surface area contributed by atoms with Gasteiger partial charge in [-0.1, -0.05) is 24.3 Å². The summed E-state index contributed by atoms with van der Waals surface area (Å²) in [6, 6.07) is 14.0. The number of carbonyl (C=O) groups is 1. The smallest absolute Gasteiger partial charge is 0.319 e. The number of fused-ring (bicyclic) bond motifs is 1. The number of aryl methyl sites for hydroxylation is 2. The SMILES string of the molecule is CCOc1ccc(NC(=O)NC2CCCc3ccccc32)c(C)c1. The first-order chi connectivity index (χ1) is 11.7. The van der Waals surface area contributed by atoms with Crippen molar-refractivity contribution in [2.45, 2.75) is 39.2 Å². The predicted molar refractivity (Wildman–Crippen MR) is 96.6 cm³/mol. The summed E-state index contributed by atoms with van der Waals surface area (Å²) in [6.45, 7) is 4.55. The topological polar surface area (TPSA) is 50.4 Å². The van der Waals surface area contributed by atoms with E-state index in [9.17, 15) is 4.79 Å². The van der Waals surface area contributed by atoms with Crippen LogP contribution in [-0.4, -0.2) is 12.6 Å². The number of anilines is 1. The average Bonchev–Trinajstić information content (AvgIpc) is 2.58. The molecule has 0 saturated heterocycles. The molecule has 0 heterocycles. The highest BCUT2D eigenvalue weighted by Crippen LogP contribution is 2.29. The second-order valence-corrected chi connectivity index (χ2v) is 6.15. The van der Waals surface area contributed by atoms with Gasteiger partial charge in [0.15, 0.2) is 0 Å². The zero-order chi connectivity index (χ0) is 16.9. The maximum absolute atomic E-state index is 12.4. The molecule has 2 aromatic rings. The first-order valence-corrected chi connectivity index (χ1v) is 8.56. The fraction of sp³-hybridized carbons (Fsp3) is 0.350. The van der Waals surface area contributed by atoms with E-state index in [4.69, 9.17) is 4.74 Å². The summed E-state index contributed by atoms with van der Waals surface area (Å²) in [5, 5.41) is 6.06. The molecule has 126 valence electrons. The van der Waals surface area contributed by atoms with E-state index in [-0.39, 0.29) is 12.1 Å². The number of rotatable bonds is 4. The van der Waals surface area contributed by atoms with E-state index in [1.54, 1.807) is 0 Å². The maximum atomic E-state index is 12.4. The lowest BCUT2D eigenvalue weighted by molar-refractivity contribution is 0.247. The van der Waals surface area contributed by atoms with Gasteiger partial charge in [0.1, 0.15) is 5.75 Å². The van der Waals surface area contributed by atoms with E-state index in [1.807, 2.05) is 38.1 Å². The van der Waals surface area contributed by atoms with Gasteiger partial charge in [-0.05, 0) is 68.0 Å². The summed E-state index contributed by atoms with van der Waals surface area (Å²) in [7, 11) is 0. The molecule has 0 aliphatic heterocycles. The second kappa shape index (κ2) is 7.39. The molecule has 2 N–H and O–H groups in total. The fourth-order valence-corrected chi connectivity index (χ4v) is 3.25. The quantitative estimate of drug-likeness (QED) is 0.864. The molecule has 0 fully saturated rings. The van der Waals surface area contributed by atoms with Crippen molar-refractivity contribution < 1.29 is 9.53 Å². The molecule has 2 amide bonds. The van der Waals surface area contributed by atoms with Crippen molar-refractivity contribution in [3.8, 4) is 5.75 Å². The first-order valence-electron chi connectivity index (χ1n) is 8.56. The van der Waals surface area contributed by atoms with E-state index in [1.165, 1.54) is 11.1 Å². The molecule has 0 saturated carbocycles. The predicted octanol–water partition coefficient (Wildman–Crippen LogP) is 4.59. The van der Waals surface area contributed by atoms with Gasteiger partial charge in [0.05, 0.1) is 12.6 Å². The molecule has 1 aliphatic carbocycles. The van der Waals surface area contributed by atoms with E-state index in [0.717, 1.165) is 36.3 Å². The van der Waals surface area contributed by atoms with Gasteiger partial charge >= 0.3 is 6.03 Å². The Bertz CT molecular complexity index is 727. The summed E-state index contributed by atoms with van der Waals surface area (Å²) in [5.74, 6) is 0.821. The normalized spacial score (nSPS) is 16.2. The minimum absolute atomic E-state index is 0.0814. The summed E-state index contributed by atoms with van der Waals surface area (Å²) >= 11 is 0. The highest BCUT2D eigenvalue weighted by molar-refractivity contribution is 5.90. The zero-order valence-electron chi connectivity index (χ0n) is 14.3. The van der Waals surface area contributed by atoms with E-state index < -0.39 is 0 Å². The largest absolute Gasteiger partial charge is 0.494 e. The van der Waals surface area contributed by atoms with E-state index in [2.05, 4.69) is 28.8 Å². The fourth-order valence-electron chi connectivity index (χ4n) is 3.25. The van der Waals surface area contributed by atoms with Gasteiger partial charge in [-0.25, -0.2) is 4.79 Å². The standard InChI is InChI=1S/C20H24N2O2/c1-3-24-16-11-12-18(14(2)13-16)21-20(23)22-19-10-6-8-15-7-4-5-9-17(15)19/h4-5,7,9,11-13,19H,3,6,8,10H2,1-2H3,(H2,21,22,23). The third kappa shape index (κ3) is 3.70. The van der Waals surface area contributed by atoms with Crippen molar-refractivity contribution in [2.75, 3.05) is 11.9 Å². The van der Waals surface area contributed by atoms with Crippen LogP contribution < -0.4 is 15.4 Å². The van der Waals surface area contributed by atoms with Gasteiger partial charge in [0, 0.05) is 5.69 Å². The molecule has 0 aromatic heterocycles. The van der Waals surface area contributed by atoms with Gasteiger partial charge < -0.3 is 15.4 Å². The third-order valence-corrected chi connectivity index (χ3v) is 4.43. The molecule has 2 aromatic carbocycles. The van der Waals surface area contributed by atoms with Crippen LogP contribution >= 0.6 is 0 Å². The summed E-state index contributed by atoms with van der Waals surface area (Å²) < 4.78 is 5.48. The van der Waals surface area contributed by atoms with Crippen LogP contribution in [0.15, 0.2) is 42.5 Å². The lowest BCUT2D eigenvalue weighted by Crippen LogP contribution is -2.34. The molecular formula is C20H24N2O2. The van der Waals surface area contributed by atoms with Crippen LogP contribution in [0.1, 0.15) is 42.5 Å². The number of hydrogen-bond donors (Lipinski definition) is 2. The molecule has 1 aliphatic rings. The number of carbonyl (C=O) groups excluding carboxylic acids is 1. The van der Waals surface area contributed by atoms with Crippen molar-refractivity contribution in [1.82, 2.24) is 5.32 Å². The second-order valence-electron chi connectivity index (χ2n) is 6.15. The Labute approximate surface area is 143 Å². The summed E-state index contributed by atoms with van der Waals surface area (Å²) in [5.41, 5.74) is 4.37. The number of benzene rings is 2. The first kappa shape index (κ1) is 16.4. The molecule has 1 atom stereocenters. The molecular weight excluding hydrogens is 300 g/mol. The Kier molecular flexibility index (Phi) is 5.04. The molecule has 4 heteroatoms. The van der Waals surface area contributed by atoms with Gasteiger partial charge in [-0.2, -0.15) is 0 Å². The van der Waals surface area contributed by atoms with Crippen LogP contribution in [-0.2, 0) is 6.42 Å². The number of hydrogen-bond acceptors (Lipinski definition) is 2. The maximum Gasteiger partial charge on any atom is 0.319 e. The van der Waals surface area contributed by atoms with Crippen LogP contribution in [0.4, 0.5) is 10.5 Å². The zero-order valence-corrected chi connectivity index (χ0v) is 14.3. The highest BCUT2D eigenvalue weighted by Gasteiger charge is 2.21. The molecule has 4 nitrogen and oxygen atoms in total. The van der Waals surface area contributed by atoms with Crippen LogP contribution in [0, 0.1) is 6.92 Å². The monoisotopic (exact) mass is 324 g/mol. The van der Waals surface area contributed by atoms with Crippen molar-refractivity contribution in [1.29, 1.82) is 0 Å². The number of urea groups is 1. The van der Waals surface area contributed by atoms with Gasteiger partial charge in [-0.3, -0.25) is 0 Å². The Morgan fingerprint density at radius 2 is 2.08 bits per heavy atom. The van der Waals surface area contributed by atoms with Crippen LogP contribution in [0.5, 0.6) is 5.75 Å². The van der Waals surface area contributed by atoms with Gasteiger partial charge in [-0.15, -0.1) is 0 Å². The van der Waals surface area contributed by atoms with Crippen molar-refractivity contribution >= 4 is 11.7 Å². The van der Waals surface area contributed by atoms with Crippen LogP contribution in [0.25, 0.3) is 0 Å². The van der Waals surface area contributed by atoms with Crippen molar-refractivity contribution in [2.24, 2.45) is 0 Å². The van der Waals surface area contributed by atoms with E-state index >= 15 is 0 Å².